The Balaban J connectivity index is 1.10. The molecule has 0 saturated carbocycles. The van der Waals surface area contributed by atoms with Crippen LogP contribution < -0.4 is 16.0 Å². The molecule has 7 amide bonds. The zero-order chi connectivity index (χ0) is 62.1. The van der Waals surface area contributed by atoms with Crippen LogP contribution in [0.5, 0.6) is 0 Å². The van der Waals surface area contributed by atoms with Crippen LogP contribution in [0.2, 0.25) is 0 Å². The van der Waals surface area contributed by atoms with E-state index in [2.05, 4.69) is 16.0 Å². The molecule has 23 nitrogen and oxygen atoms in total. The fourth-order valence-electron chi connectivity index (χ4n) is 10.2. The molecule has 4 aliphatic rings. The fraction of sp³-hybridized carbons (Fsp3) is 0.623. The molecule has 0 radical (unpaired) electrons. The maximum Gasteiger partial charge on any atom is 0.410 e. The Morgan fingerprint density at radius 1 is 0.893 bits per heavy atom. The molecule has 0 aromatic heterocycles. The van der Waals surface area contributed by atoms with Crippen molar-refractivity contribution < 1.29 is 82.2 Å². The van der Waals surface area contributed by atoms with Gasteiger partial charge in [-0.15, -0.1) is 0 Å². The molecular weight excluding hydrogens is 1090 g/mol. The zero-order valence-corrected chi connectivity index (χ0v) is 50.2. The molecule has 23 heteroatoms. The third-order valence-electron chi connectivity index (χ3n) is 15.5. The van der Waals surface area contributed by atoms with Crippen LogP contribution in [-0.2, 0) is 63.9 Å². The predicted octanol–water partition coefficient (Wildman–Crippen LogP) is 5.30. The zero-order valence-electron chi connectivity index (χ0n) is 50.2. The molecule has 6 N–H and O–H groups in total. The lowest BCUT2D eigenvalue weighted by atomic mass is 9.88. The summed E-state index contributed by atoms with van der Waals surface area (Å²) in [4.78, 5) is 119. The van der Waals surface area contributed by atoms with Gasteiger partial charge in [-0.2, -0.15) is 0 Å². The summed E-state index contributed by atoms with van der Waals surface area (Å²) < 4.78 is 29.2. The second-order valence-electron chi connectivity index (χ2n) is 23.3. The molecule has 0 unspecified atom stereocenters. The van der Waals surface area contributed by atoms with Crippen LogP contribution >= 0.6 is 0 Å². The highest BCUT2D eigenvalue weighted by atomic mass is 16.6. The fourth-order valence-corrected chi connectivity index (χ4v) is 10.2. The Kier molecular flexibility index (Phi) is 25.2. The number of carbonyl (C=O) groups excluding carboxylic acids is 9. The number of aliphatic hydroxyl groups excluding tert-OH is 2. The van der Waals surface area contributed by atoms with Crippen LogP contribution in [0.4, 0.5) is 15.3 Å². The van der Waals surface area contributed by atoms with Gasteiger partial charge < -0.3 is 64.8 Å². The minimum Gasteiger partial charge on any atom is -0.457 e. The number of imide groups is 1. The number of unbranched alkanes of at least 4 members (excludes halogenated alkanes) is 2. The Morgan fingerprint density at radius 2 is 1.54 bits per heavy atom. The monoisotopic (exact) mass is 1180 g/mol. The van der Waals surface area contributed by atoms with Crippen molar-refractivity contribution in [2.24, 2.45) is 17.8 Å². The van der Waals surface area contributed by atoms with E-state index in [0.717, 1.165) is 4.90 Å². The van der Waals surface area contributed by atoms with Gasteiger partial charge in [-0.3, -0.25) is 38.5 Å². The highest BCUT2D eigenvalue weighted by Crippen LogP contribution is 2.38. The van der Waals surface area contributed by atoms with Crippen molar-refractivity contribution in [3.8, 4) is 0 Å². The molecule has 5 rings (SSSR count). The minimum atomic E-state index is -1.48. The lowest BCUT2D eigenvalue weighted by Crippen LogP contribution is -2.53. The number of allylic oxidation sites excluding steroid dienone is 2. The highest BCUT2D eigenvalue weighted by Gasteiger charge is 2.47. The number of benzene rings is 1. The molecular formula is C61H88N6O17. The number of amides is 7. The molecule has 12 atom stereocenters. The molecule has 0 bridgehead atoms. The third-order valence-corrected chi connectivity index (χ3v) is 15.5. The van der Waals surface area contributed by atoms with Crippen molar-refractivity contribution in [3.05, 3.63) is 77.9 Å². The lowest BCUT2D eigenvalue weighted by Gasteiger charge is -2.38. The van der Waals surface area contributed by atoms with E-state index in [1.165, 1.54) is 35.8 Å². The van der Waals surface area contributed by atoms with E-state index >= 15 is 0 Å². The van der Waals surface area contributed by atoms with Gasteiger partial charge in [0, 0.05) is 82.2 Å². The van der Waals surface area contributed by atoms with Gasteiger partial charge in [0.25, 0.3) is 11.8 Å². The summed E-state index contributed by atoms with van der Waals surface area (Å²) in [7, 11) is 0. The topological polar surface area (TPSA) is 310 Å². The van der Waals surface area contributed by atoms with Gasteiger partial charge in [-0.25, -0.2) is 9.59 Å². The predicted molar refractivity (Wildman–Crippen MR) is 308 cm³/mol. The number of nitrogens with zero attached hydrogens (tertiary/aromatic N) is 3. The summed E-state index contributed by atoms with van der Waals surface area (Å²) in [5.74, 6) is -4.29. The number of ether oxygens (including phenoxy) is 5. The number of cyclic esters (lactones) is 1. The van der Waals surface area contributed by atoms with Crippen LogP contribution in [0.1, 0.15) is 133 Å². The SMILES string of the molecule is CC[C@H](O)[C@@H](C)[C@H]1O[C@@H]1C[C@@](C)(O)/C=C/C=C(\C)[C@H]1OC(=O)C[C@H](O)CC[C@@](C)(OC(C)=O)[C@@H](OC(=O)N2CCN(C(=O)OCc3ccc(NC(=O)[C@H](C)NC(=O)[C@@H](NC(=O)CCCCCN4C(=O)C=CC4=O)C(C)C)cc3)CC2)/C=C\[C@@H]1C. The molecule has 0 spiro atoms. The molecule has 0 aliphatic carbocycles. The van der Waals surface area contributed by atoms with Crippen molar-refractivity contribution in [1.82, 2.24) is 25.3 Å². The number of anilines is 1. The Bertz CT molecular complexity index is 2590. The van der Waals surface area contributed by atoms with Crippen molar-refractivity contribution in [3.63, 3.8) is 0 Å². The van der Waals surface area contributed by atoms with Gasteiger partial charge in [-0.05, 0) is 95.1 Å². The summed E-state index contributed by atoms with van der Waals surface area (Å²) in [6.07, 6.45) is 7.62. The normalized spacial score (nSPS) is 25.7. The average molecular weight is 1180 g/mol. The van der Waals surface area contributed by atoms with Gasteiger partial charge in [0.2, 0.25) is 17.7 Å². The number of rotatable bonds is 24. The van der Waals surface area contributed by atoms with Gasteiger partial charge in [0.05, 0.1) is 36.4 Å². The highest BCUT2D eigenvalue weighted by molar-refractivity contribution is 6.12. The summed E-state index contributed by atoms with van der Waals surface area (Å²) in [6.45, 7) is 17.4. The Morgan fingerprint density at radius 3 is 2.15 bits per heavy atom. The molecule has 1 aromatic rings. The first-order chi connectivity index (χ1) is 39.6. The summed E-state index contributed by atoms with van der Waals surface area (Å²) in [6, 6.07) is 4.68. The number of hydrogen-bond acceptors (Lipinski definition) is 17. The Labute approximate surface area is 492 Å². The van der Waals surface area contributed by atoms with Crippen LogP contribution in [0.3, 0.4) is 0 Å². The van der Waals surface area contributed by atoms with Crippen molar-refractivity contribution in [2.75, 3.05) is 38.0 Å². The molecule has 464 valence electrons. The van der Waals surface area contributed by atoms with E-state index in [-0.39, 0.29) is 107 Å². The molecule has 4 aliphatic heterocycles. The summed E-state index contributed by atoms with van der Waals surface area (Å²) >= 11 is 0. The van der Waals surface area contributed by atoms with E-state index < -0.39 is 89.6 Å². The van der Waals surface area contributed by atoms with Crippen molar-refractivity contribution in [2.45, 2.75) is 194 Å². The second kappa shape index (κ2) is 31.3. The largest absolute Gasteiger partial charge is 0.457 e. The number of nitrogens with one attached hydrogen (secondary N) is 3. The number of hydrogen-bond donors (Lipinski definition) is 6. The number of piperazine rings is 1. The average Bonchev–Trinajstić information content (AvgIpc) is 4.23. The maximum absolute atomic E-state index is 13.9. The first-order valence-corrected chi connectivity index (χ1v) is 29.2. The molecule has 2 saturated heterocycles. The van der Waals surface area contributed by atoms with E-state index in [1.807, 2.05) is 13.8 Å². The van der Waals surface area contributed by atoms with Crippen molar-refractivity contribution >= 4 is 59.3 Å². The smallest absolute Gasteiger partial charge is 0.410 e. The number of aliphatic hydroxyl groups is 3. The van der Waals surface area contributed by atoms with Crippen molar-refractivity contribution in [1.29, 1.82) is 0 Å². The van der Waals surface area contributed by atoms with Crippen LogP contribution in [-0.4, -0.2) is 176 Å². The quantitative estimate of drug-likeness (QED) is 0.0145. The molecule has 2 fully saturated rings. The van der Waals surface area contributed by atoms with Crippen LogP contribution in [0.15, 0.2) is 72.4 Å². The summed E-state index contributed by atoms with van der Waals surface area (Å²) in [5.41, 5.74) is -1.09. The van der Waals surface area contributed by atoms with Gasteiger partial charge >= 0.3 is 24.1 Å². The maximum atomic E-state index is 13.9. The first-order valence-electron chi connectivity index (χ1n) is 29.2. The first kappa shape index (κ1) is 67.8. The molecule has 1 aromatic carbocycles. The molecule has 84 heavy (non-hydrogen) atoms. The van der Waals surface area contributed by atoms with E-state index in [1.54, 1.807) is 96.2 Å². The number of carbonyl (C=O) groups is 9. The van der Waals surface area contributed by atoms with Gasteiger partial charge in [-0.1, -0.05) is 77.5 Å². The number of epoxide rings is 1. The van der Waals surface area contributed by atoms with Gasteiger partial charge in [0.15, 0.2) is 6.10 Å². The van der Waals surface area contributed by atoms with Gasteiger partial charge in [0.1, 0.15) is 30.4 Å². The minimum absolute atomic E-state index is 0.00841. The third kappa shape index (κ3) is 20.7. The van der Waals surface area contributed by atoms with Crippen LogP contribution in [0.25, 0.3) is 0 Å². The second-order valence-corrected chi connectivity index (χ2v) is 23.3. The van der Waals surface area contributed by atoms with E-state index in [9.17, 15) is 58.5 Å². The standard InChI is InChI=1S/C61H88N6O17/c1-11-46(70)40(6)55-47(81-55)35-60(9,79)27-15-16-38(4)54-39(5)18-23-48(61(10,84-42(8)68)28-26-45(69)34-52(74)83-54)82-59(78)66-32-30-65(31-33-66)58(77)80-36-43-19-21-44(22-20-43)63-56(75)41(7)62-57(76)53(37(2)3)64-49(71)17-13-12-14-29-67-50(72)24-25-51(67)73/h15-16,18-25,27,37,39-41,45-48,53-55,69-70,79H,11-14,17,26,28-36H2,1-10H3,(H,62,76)(H,63,75)(H,64,71)/b23-18-,27-15+,38-16+/t39-,40+,41-,45+,46-,47+,48-,53-,54+,55+,60-,61+/m0/s1. The number of esters is 2. The van der Waals surface area contributed by atoms with E-state index in [4.69, 9.17) is 23.7 Å². The summed E-state index contributed by atoms with van der Waals surface area (Å²) in [5, 5.41) is 40.6. The molecule has 4 heterocycles. The van der Waals surface area contributed by atoms with Crippen LogP contribution in [0, 0.1) is 17.8 Å². The van der Waals surface area contributed by atoms with E-state index in [0.29, 0.717) is 48.9 Å². The Hall–Kier alpha value is -6.95. The lowest BCUT2D eigenvalue weighted by molar-refractivity contribution is -0.168.